The van der Waals surface area contributed by atoms with Gasteiger partial charge in [0.1, 0.15) is 0 Å². The summed E-state index contributed by atoms with van der Waals surface area (Å²) in [4.78, 5) is 13.9. The van der Waals surface area contributed by atoms with Gasteiger partial charge in [0, 0.05) is 12.2 Å². The van der Waals surface area contributed by atoms with Crippen molar-refractivity contribution in [1.29, 1.82) is 0 Å². The summed E-state index contributed by atoms with van der Waals surface area (Å²) >= 11 is 0. The van der Waals surface area contributed by atoms with Crippen LogP contribution in [0, 0.1) is 17.6 Å². The Morgan fingerprint density at radius 3 is 2.53 bits per heavy atom. The maximum Gasteiger partial charge on any atom is 0.176 e. The fourth-order valence-electron chi connectivity index (χ4n) is 2.29. The number of nitrogens with zero attached hydrogens (tertiary/aromatic N) is 1. The Morgan fingerprint density at radius 1 is 1.26 bits per heavy atom. The van der Waals surface area contributed by atoms with Crippen molar-refractivity contribution in [1.82, 2.24) is 4.90 Å². The number of carbonyl (C=O) groups is 1. The summed E-state index contributed by atoms with van der Waals surface area (Å²) < 4.78 is 25.8. The fourth-order valence-corrected chi connectivity index (χ4v) is 2.29. The third-order valence-electron chi connectivity index (χ3n) is 3.57. The highest BCUT2D eigenvalue weighted by molar-refractivity contribution is 5.97. The van der Waals surface area contributed by atoms with Gasteiger partial charge in [-0.1, -0.05) is 0 Å². The molecule has 1 aromatic carbocycles. The molecule has 0 spiro atoms. The summed E-state index contributed by atoms with van der Waals surface area (Å²) in [6, 6.07) is 3.22. The van der Waals surface area contributed by atoms with Crippen LogP contribution in [0.25, 0.3) is 0 Å². The molecule has 0 atom stereocenters. The maximum atomic E-state index is 13.0. The Kier molecular flexibility index (Phi) is 4.61. The molecule has 1 aromatic rings. The number of aliphatic hydroxyl groups is 1. The standard InChI is InChI=1S/C14H17F2NO2/c15-12-2-1-11(7-13(12)16)14(19)8-17-5-3-10(9-18)4-6-17/h1-2,7,10,18H,3-6,8-9H2. The van der Waals surface area contributed by atoms with E-state index in [1.807, 2.05) is 4.90 Å². The lowest BCUT2D eigenvalue weighted by molar-refractivity contribution is 0.0863. The van der Waals surface area contributed by atoms with E-state index in [-0.39, 0.29) is 24.5 Å². The van der Waals surface area contributed by atoms with Crippen LogP contribution < -0.4 is 0 Å². The van der Waals surface area contributed by atoms with E-state index in [0.717, 1.165) is 38.1 Å². The minimum absolute atomic E-state index is 0.185. The second kappa shape index (κ2) is 6.21. The Morgan fingerprint density at radius 2 is 1.95 bits per heavy atom. The van der Waals surface area contributed by atoms with Crippen LogP contribution in [0.2, 0.25) is 0 Å². The third-order valence-corrected chi connectivity index (χ3v) is 3.57. The topological polar surface area (TPSA) is 40.5 Å². The highest BCUT2D eigenvalue weighted by atomic mass is 19.2. The Hall–Kier alpha value is -1.33. The Balaban J connectivity index is 1.92. The van der Waals surface area contributed by atoms with E-state index >= 15 is 0 Å². The predicted molar refractivity (Wildman–Crippen MR) is 66.9 cm³/mol. The average Bonchev–Trinajstić information content (AvgIpc) is 2.42. The molecule has 0 aromatic heterocycles. The van der Waals surface area contributed by atoms with Gasteiger partial charge in [-0.2, -0.15) is 0 Å². The number of hydrogen-bond acceptors (Lipinski definition) is 3. The number of hydrogen-bond donors (Lipinski definition) is 1. The van der Waals surface area contributed by atoms with Crippen molar-refractivity contribution in [3.8, 4) is 0 Å². The Bertz CT molecular complexity index is 457. The molecule has 1 N–H and O–H groups in total. The van der Waals surface area contributed by atoms with Crippen LogP contribution in [-0.2, 0) is 0 Å². The number of benzene rings is 1. The van der Waals surface area contributed by atoms with E-state index in [1.165, 1.54) is 6.07 Å². The molecule has 1 saturated heterocycles. The first-order valence-corrected chi connectivity index (χ1v) is 6.41. The number of piperidine rings is 1. The van der Waals surface area contributed by atoms with Gasteiger partial charge in [0.15, 0.2) is 17.4 Å². The normalized spacial score (nSPS) is 17.6. The molecule has 0 unspecified atom stereocenters. The monoisotopic (exact) mass is 269 g/mol. The molecule has 1 aliphatic heterocycles. The number of aliphatic hydroxyl groups excluding tert-OH is 1. The van der Waals surface area contributed by atoms with E-state index in [4.69, 9.17) is 5.11 Å². The lowest BCUT2D eigenvalue weighted by Crippen LogP contribution is -2.38. The molecule has 5 heteroatoms. The van der Waals surface area contributed by atoms with Crippen molar-refractivity contribution in [3.05, 3.63) is 35.4 Å². The van der Waals surface area contributed by atoms with Gasteiger partial charge in [-0.15, -0.1) is 0 Å². The quantitative estimate of drug-likeness (QED) is 0.848. The first-order valence-electron chi connectivity index (χ1n) is 6.41. The van der Waals surface area contributed by atoms with Crippen LogP contribution in [0.1, 0.15) is 23.2 Å². The second-order valence-electron chi connectivity index (χ2n) is 4.95. The van der Waals surface area contributed by atoms with Gasteiger partial charge >= 0.3 is 0 Å². The van der Waals surface area contributed by atoms with Gasteiger partial charge in [0.25, 0.3) is 0 Å². The molecule has 1 fully saturated rings. The van der Waals surface area contributed by atoms with Crippen LogP contribution in [0.15, 0.2) is 18.2 Å². The van der Waals surface area contributed by atoms with Crippen molar-refractivity contribution in [3.63, 3.8) is 0 Å². The summed E-state index contributed by atoms with van der Waals surface area (Å²) in [5.41, 5.74) is 0.197. The van der Waals surface area contributed by atoms with Crippen LogP contribution in [-0.4, -0.2) is 42.0 Å². The van der Waals surface area contributed by atoms with E-state index in [2.05, 4.69) is 0 Å². The molecule has 0 amide bonds. The zero-order valence-corrected chi connectivity index (χ0v) is 10.6. The average molecular weight is 269 g/mol. The van der Waals surface area contributed by atoms with Crippen molar-refractivity contribution < 1.29 is 18.7 Å². The van der Waals surface area contributed by atoms with Crippen LogP contribution in [0.3, 0.4) is 0 Å². The molecule has 104 valence electrons. The molecule has 0 aliphatic carbocycles. The lowest BCUT2D eigenvalue weighted by atomic mass is 9.97. The summed E-state index contributed by atoms with van der Waals surface area (Å²) in [6.07, 6.45) is 1.73. The molecule has 1 heterocycles. The van der Waals surface area contributed by atoms with E-state index in [9.17, 15) is 13.6 Å². The van der Waals surface area contributed by atoms with Crippen LogP contribution in [0.4, 0.5) is 8.78 Å². The minimum Gasteiger partial charge on any atom is -0.396 e. The fraction of sp³-hybridized carbons (Fsp3) is 0.500. The van der Waals surface area contributed by atoms with E-state index < -0.39 is 11.6 Å². The minimum atomic E-state index is -0.996. The second-order valence-corrected chi connectivity index (χ2v) is 4.95. The third kappa shape index (κ3) is 3.58. The number of likely N-dealkylation sites (tertiary alicyclic amines) is 1. The molecule has 0 radical (unpaired) electrons. The van der Waals surface area contributed by atoms with Crippen LogP contribution >= 0.6 is 0 Å². The smallest absolute Gasteiger partial charge is 0.176 e. The SMILES string of the molecule is O=C(CN1CCC(CO)CC1)c1ccc(F)c(F)c1. The molecular weight excluding hydrogens is 252 g/mol. The summed E-state index contributed by atoms with van der Waals surface area (Å²) in [5, 5.41) is 9.03. The van der Waals surface area contributed by atoms with Gasteiger partial charge in [0.05, 0.1) is 6.54 Å². The summed E-state index contributed by atoms with van der Waals surface area (Å²) in [5.74, 6) is -1.83. The zero-order chi connectivity index (χ0) is 13.8. The number of rotatable bonds is 4. The van der Waals surface area contributed by atoms with Crippen molar-refractivity contribution in [2.45, 2.75) is 12.8 Å². The van der Waals surface area contributed by atoms with E-state index in [1.54, 1.807) is 0 Å². The molecular formula is C14H17F2NO2. The zero-order valence-electron chi connectivity index (χ0n) is 10.6. The molecule has 19 heavy (non-hydrogen) atoms. The van der Waals surface area contributed by atoms with Crippen molar-refractivity contribution >= 4 is 5.78 Å². The molecule has 2 rings (SSSR count). The van der Waals surface area contributed by atoms with Gasteiger partial charge < -0.3 is 5.11 Å². The number of carbonyl (C=O) groups excluding carboxylic acids is 1. The van der Waals surface area contributed by atoms with Gasteiger partial charge in [-0.05, 0) is 50.0 Å². The number of ketones is 1. The van der Waals surface area contributed by atoms with Crippen molar-refractivity contribution in [2.24, 2.45) is 5.92 Å². The van der Waals surface area contributed by atoms with Gasteiger partial charge in [0.2, 0.25) is 0 Å². The summed E-state index contributed by atoms with van der Waals surface area (Å²) in [7, 11) is 0. The molecule has 3 nitrogen and oxygen atoms in total. The maximum absolute atomic E-state index is 13.0. The predicted octanol–water partition coefficient (Wildman–Crippen LogP) is 1.85. The molecule has 0 bridgehead atoms. The first-order chi connectivity index (χ1) is 9.10. The highest BCUT2D eigenvalue weighted by Gasteiger charge is 2.21. The van der Waals surface area contributed by atoms with Gasteiger partial charge in [-0.25, -0.2) is 8.78 Å². The van der Waals surface area contributed by atoms with Crippen LogP contribution in [0.5, 0.6) is 0 Å². The lowest BCUT2D eigenvalue weighted by Gasteiger charge is -2.30. The number of halogens is 2. The van der Waals surface area contributed by atoms with E-state index in [0.29, 0.717) is 5.92 Å². The van der Waals surface area contributed by atoms with Crippen molar-refractivity contribution in [2.75, 3.05) is 26.2 Å². The first kappa shape index (κ1) is 14.1. The summed E-state index contributed by atoms with van der Waals surface area (Å²) in [6.45, 7) is 1.90. The molecule has 0 saturated carbocycles. The largest absolute Gasteiger partial charge is 0.396 e. The highest BCUT2D eigenvalue weighted by Crippen LogP contribution is 2.17. The number of Topliss-reactive ketones (excluding diaryl/α,β-unsaturated/α-hetero) is 1. The van der Waals surface area contributed by atoms with Gasteiger partial charge in [-0.3, -0.25) is 9.69 Å². The molecule has 1 aliphatic rings. The Labute approximate surface area is 110 Å².